The van der Waals surface area contributed by atoms with E-state index in [9.17, 15) is 0 Å². The van der Waals surface area contributed by atoms with Crippen LogP contribution in [0.3, 0.4) is 0 Å². The lowest BCUT2D eigenvalue weighted by atomic mass is 10.2. The van der Waals surface area contributed by atoms with Crippen molar-refractivity contribution in [1.29, 1.82) is 0 Å². The van der Waals surface area contributed by atoms with Gasteiger partial charge < -0.3 is 20.1 Å². The molecule has 0 radical (unpaired) electrons. The van der Waals surface area contributed by atoms with Crippen LogP contribution in [0.25, 0.3) is 0 Å². The average molecular weight is 316 g/mol. The minimum absolute atomic E-state index is 0.511. The lowest BCUT2D eigenvalue weighted by molar-refractivity contribution is 0.405. The highest BCUT2D eigenvalue weighted by Gasteiger charge is 2.07. The van der Waals surface area contributed by atoms with Crippen LogP contribution in [0.15, 0.2) is 30.5 Å². The highest BCUT2D eigenvalue weighted by Crippen LogP contribution is 2.30. The Morgan fingerprint density at radius 3 is 2.70 bits per heavy atom. The number of aromatic nitrogens is 2. The van der Waals surface area contributed by atoms with E-state index in [1.54, 1.807) is 20.4 Å². The van der Waals surface area contributed by atoms with E-state index in [0.717, 1.165) is 30.2 Å². The Kier molecular flexibility index (Phi) is 6.47. The third kappa shape index (κ3) is 5.02. The number of rotatable bonds is 9. The lowest BCUT2D eigenvalue weighted by Gasteiger charge is -2.12. The summed E-state index contributed by atoms with van der Waals surface area (Å²) in [6.45, 7) is 3.10. The van der Waals surface area contributed by atoms with E-state index < -0.39 is 0 Å². The Labute approximate surface area is 137 Å². The van der Waals surface area contributed by atoms with E-state index in [4.69, 9.17) is 9.47 Å². The van der Waals surface area contributed by atoms with Gasteiger partial charge in [-0.2, -0.15) is 4.98 Å². The summed E-state index contributed by atoms with van der Waals surface area (Å²) in [5, 5.41) is 6.48. The molecule has 0 aliphatic carbocycles. The predicted molar refractivity (Wildman–Crippen MR) is 92.9 cm³/mol. The van der Waals surface area contributed by atoms with Crippen LogP contribution in [0, 0.1) is 0 Å². The number of unbranched alkanes of at least 4 members (excludes halogenated alkanes) is 2. The fourth-order valence-corrected chi connectivity index (χ4v) is 2.14. The molecule has 124 valence electrons. The van der Waals surface area contributed by atoms with Gasteiger partial charge in [-0.05, 0) is 24.6 Å². The van der Waals surface area contributed by atoms with Crippen LogP contribution < -0.4 is 20.1 Å². The van der Waals surface area contributed by atoms with Crippen molar-refractivity contribution < 1.29 is 9.47 Å². The number of hydrogen-bond acceptors (Lipinski definition) is 6. The third-order valence-corrected chi connectivity index (χ3v) is 3.40. The molecule has 0 unspecified atom stereocenters. The maximum Gasteiger partial charge on any atom is 0.229 e. The summed E-state index contributed by atoms with van der Waals surface area (Å²) >= 11 is 0. The maximum absolute atomic E-state index is 5.35. The van der Waals surface area contributed by atoms with Crippen LogP contribution in [-0.2, 0) is 0 Å². The summed E-state index contributed by atoms with van der Waals surface area (Å²) in [6, 6.07) is 7.40. The smallest absolute Gasteiger partial charge is 0.229 e. The molecule has 1 heterocycles. The molecule has 2 N–H and O–H groups in total. The second kappa shape index (κ2) is 8.82. The lowest BCUT2D eigenvalue weighted by Crippen LogP contribution is -2.06. The average Bonchev–Trinajstić information content (AvgIpc) is 2.59. The van der Waals surface area contributed by atoms with Crippen LogP contribution in [0.1, 0.15) is 26.2 Å². The van der Waals surface area contributed by atoms with Gasteiger partial charge in [-0.1, -0.05) is 19.8 Å². The molecule has 2 rings (SSSR count). The zero-order valence-electron chi connectivity index (χ0n) is 13.9. The van der Waals surface area contributed by atoms with Crippen molar-refractivity contribution in [2.45, 2.75) is 26.2 Å². The van der Waals surface area contributed by atoms with Crippen LogP contribution >= 0.6 is 0 Å². The quantitative estimate of drug-likeness (QED) is 0.685. The molecule has 2 aromatic rings. The number of hydrogen-bond donors (Lipinski definition) is 2. The van der Waals surface area contributed by atoms with Gasteiger partial charge in [-0.25, -0.2) is 4.98 Å². The summed E-state index contributed by atoms with van der Waals surface area (Å²) in [6.07, 6.45) is 5.27. The molecule has 0 fully saturated rings. The number of methoxy groups -OCH3 is 2. The molecule has 0 saturated heterocycles. The Morgan fingerprint density at radius 2 is 1.96 bits per heavy atom. The zero-order chi connectivity index (χ0) is 16.5. The Hall–Kier alpha value is -2.50. The minimum atomic E-state index is 0.511. The zero-order valence-corrected chi connectivity index (χ0v) is 13.9. The van der Waals surface area contributed by atoms with Gasteiger partial charge in [0, 0.05) is 18.8 Å². The predicted octanol–water partition coefficient (Wildman–Crippen LogP) is 3.84. The Balaban J connectivity index is 2.08. The van der Waals surface area contributed by atoms with Gasteiger partial charge in [0.15, 0.2) is 0 Å². The van der Waals surface area contributed by atoms with Gasteiger partial charge in [0.1, 0.15) is 17.3 Å². The molecule has 1 aromatic carbocycles. The minimum Gasteiger partial charge on any atom is -0.497 e. The van der Waals surface area contributed by atoms with E-state index in [1.165, 1.54) is 12.8 Å². The van der Waals surface area contributed by atoms with Gasteiger partial charge in [-0.3, -0.25) is 0 Å². The molecule has 6 heteroatoms. The van der Waals surface area contributed by atoms with Gasteiger partial charge in [0.05, 0.1) is 19.9 Å². The van der Waals surface area contributed by atoms with Crippen molar-refractivity contribution in [3.8, 4) is 11.5 Å². The number of benzene rings is 1. The molecule has 0 spiro atoms. The van der Waals surface area contributed by atoms with Crippen LogP contribution in [0.5, 0.6) is 11.5 Å². The van der Waals surface area contributed by atoms with E-state index in [2.05, 4.69) is 27.5 Å². The molecule has 0 aliphatic rings. The van der Waals surface area contributed by atoms with Crippen molar-refractivity contribution in [1.82, 2.24) is 9.97 Å². The molecule has 0 saturated carbocycles. The molecular formula is C17H24N4O2. The topological polar surface area (TPSA) is 68.3 Å². The SMILES string of the molecule is CCCCCNc1ccnc(Nc2cc(OC)ccc2OC)n1. The Bertz CT molecular complexity index is 619. The highest BCUT2D eigenvalue weighted by atomic mass is 16.5. The molecule has 0 bridgehead atoms. The van der Waals surface area contributed by atoms with Gasteiger partial charge in [0.25, 0.3) is 0 Å². The maximum atomic E-state index is 5.35. The van der Waals surface area contributed by atoms with E-state index in [1.807, 2.05) is 24.3 Å². The summed E-state index contributed by atoms with van der Waals surface area (Å²) in [7, 11) is 3.25. The van der Waals surface area contributed by atoms with Crippen molar-refractivity contribution in [2.75, 3.05) is 31.4 Å². The molecular weight excluding hydrogens is 292 g/mol. The number of ether oxygens (including phenoxy) is 2. The Morgan fingerprint density at radius 1 is 1.09 bits per heavy atom. The van der Waals surface area contributed by atoms with Crippen molar-refractivity contribution >= 4 is 17.5 Å². The second-order valence-corrected chi connectivity index (χ2v) is 5.09. The van der Waals surface area contributed by atoms with E-state index in [-0.39, 0.29) is 0 Å². The molecule has 0 atom stereocenters. The summed E-state index contributed by atoms with van der Waals surface area (Å²) < 4.78 is 10.6. The second-order valence-electron chi connectivity index (χ2n) is 5.09. The fraction of sp³-hybridized carbons (Fsp3) is 0.412. The third-order valence-electron chi connectivity index (χ3n) is 3.40. The van der Waals surface area contributed by atoms with Crippen molar-refractivity contribution in [2.24, 2.45) is 0 Å². The standard InChI is InChI=1S/C17H24N4O2/c1-4-5-6-10-18-16-9-11-19-17(21-16)20-14-12-13(22-2)7-8-15(14)23-3/h7-9,11-12H,4-6,10H2,1-3H3,(H2,18,19,20,21). The normalized spacial score (nSPS) is 10.2. The van der Waals surface area contributed by atoms with Gasteiger partial charge in [-0.15, -0.1) is 0 Å². The first-order valence-electron chi connectivity index (χ1n) is 7.82. The van der Waals surface area contributed by atoms with Crippen LogP contribution in [0.4, 0.5) is 17.5 Å². The highest BCUT2D eigenvalue weighted by molar-refractivity contribution is 5.65. The fourth-order valence-electron chi connectivity index (χ4n) is 2.14. The van der Waals surface area contributed by atoms with Gasteiger partial charge >= 0.3 is 0 Å². The van der Waals surface area contributed by atoms with E-state index in [0.29, 0.717) is 11.7 Å². The van der Waals surface area contributed by atoms with E-state index >= 15 is 0 Å². The summed E-state index contributed by atoms with van der Waals surface area (Å²) in [5.74, 6) is 2.76. The summed E-state index contributed by atoms with van der Waals surface area (Å²) in [5.41, 5.74) is 0.759. The first-order valence-corrected chi connectivity index (χ1v) is 7.82. The molecule has 6 nitrogen and oxygen atoms in total. The van der Waals surface area contributed by atoms with Crippen molar-refractivity contribution in [3.05, 3.63) is 30.5 Å². The van der Waals surface area contributed by atoms with Crippen LogP contribution in [0.2, 0.25) is 0 Å². The molecule has 0 aliphatic heterocycles. The molecule has 1 aromatic heterocycles. The molecule has 0 amide bonds. The first kappa shape index (κ1) is 16.9. The van der Waals surface area contributed by atoms with Gasteiger partial charge in [0.2, 0.25) is 5.95 Å². The summed E-state index contributed by atoms with van der Waals surface area (Å²) in [4.78, 5) is 8.72. The number of nitrogens with one attached hydrogen (secondary N) is 2. The number of anilines is 3. The van der Waals surface area contributed by atoms with Crippen LogP contribution in [-0.4, -0.2) is 30.7 Å². The van der Waals surface area contributed by atoms with Crippen molar-refractivity contribution in [3.63, 3.8) is 0 Å². The number of nitrogens with zero attached hydrogens (tertiary/aromatic N) is 2. The first-order chi connectivity index (χ1) is 11.3. The molecule has 23 heavy (non-hydrogen) atoms. The monoisotopic (exact) mass is 316 g/mol. The largest absolute Gasteiger partial charge is 0.497 e.